The van der Waals surface area contributed by atoms with Crippen LogP contribution in [-0.2, 0) is 0 Å². The highest BCUT2D eigenvalue weighted by Crippen LogP contribution is 2.13. The highest BCUT2D eigenvalue weighted by atomic mass is 79.9. The van der Waals surface area contributed by atoms with Gasteiger partial charge in [0.15, 0.2) is 0 Å². The van der Waals surface area contributed by atoms with Crippen molar-refractivity contribution in [3.05, 3.63) is 70.1 Å². The Labute approximate surface area is 142 Å². The van der Waals surface area contributed by atoms with Crippen LogP contribution < -0.4 is 5.43 Å². The average Bonchev–Trinajstić information content (AvgIpc) is 2.88. The zero-order chi connectivity index (χ0) is 16.4. The molecule has 0 saturated heterocycles. The highest BCUT2D eigenvalue weighted by molar-refractivity contribution is 9.10. The summed E-state index contributed by atoms with van der Waals surface area (Å²) in [7, 11) is 0. The summed E-state index contributed by atoms with van der Waals surface area (Å²) < 4.78 is 2.76. The Kier molecular flexibility index (Phi) is 4.25. The van der Waals surface area contributed by atoms with Crippen LogP contribution in [0.25, 0.3) is 5.65 Å². The van der Waals surface area contributed by atoms with E-state index < -0.39 is 0 Å². The molecule has 5 nitrogen and oxygen atoms in total. The van der Waals surface area contributed by atoms with Gasteiger partial charge in [-0.05, 0) is 43.7 Å². The van der Waals surface area contributed by atoms with Gasteiger partial charge in [0, 0.05) is 10.7 Å². The molecule has 3 rings (SSSR count). The lowest BCUT2D eigenvalue weighted by atomic mass is 10.1. The minimum Gasteiger partial charge on any atom is -0.295 e. The van der Waals surface area contributed by atoms with Gasteiger partial charge in [-0.25, -0.2) is 10.4 Å². The van der Waals surface area contributed by atoms with Gasteiger partial charge in [0.1, 0.15) is 11.3 Å². The smallest absolute Gasteiger partial charge is 0.290 e. The molecule has 0 aliphatic carbocycles. The summed E-state index contributed by atoms with van der Waals surface area (Å²) in [5.41, 5.74) is 6.19. The van der Waals surface area contributed by atoms with Crippen molar-refractivity contribution in [1.82, 2.24) is 14.8 Å². The first-order chi connectivity index (χ1) is 11.1. The van der Waals surface area contributed by atoms with Crippen LogP contribution in [0.4, 0.5) is 0 Å². The number of hydrogen-bond donors (Lipinski definition) is 1. The zero-order valence-corrected chi connectivity index (χ0v) is 14.3. The Morgan fingerprint density at radius 1 is 1.22 bits per heavy atom. The fraction of sp³-hybridized carbons (Fsp3) is 0.118. The van der Waals surface area contributed by atoms with Crippen molar-refractivity contribution in [2.45, 2.75) is 13.8 Å². The van der Waals surface area contributed by atoms with E-state index in [4.69, 9.17) is 0 Å². The Balaban J connectivity index is 1.85. The van der Waals surface area contributed by atoms with Crippen molar-refractivity contribution >= 4 is 33.2 Å². The SMILES string of the molecule is C/C(=N\NC(=O)c1c(C)nc2ccccn12)c1ccc(Br)cc1. The molecule has 1 amide bonds. The van der Waals surface area contributed by atoms with E-state index in [1.54, 1.807) is 4.40 Å². The van der Waals surface area contributed by atoms with Crippen molar-refractivity contribution in [3.63, 3.8) is 0 Å². The minimum atomic E-state index is -0.280. The third-order valence-corrected chi connectivity index (χ3v) is 4.04. The van der Waals surface area contributed by atoms with Crippen LogP contribution in [0.15, 0.2) is 58.2 Å². The number of carbonyl (C=O) groups excluding carboxylic acids is 1. The maximum atomic E-state index is 12.4. The van der Waals surface area contributed by atoms with Crippen molar-refractivity contribution in [1.29, 1.82) is 0 Å². The van der Waals surface area contributed by atoms with E-state index in [-0.39, 0.29) is 5.91 Å². The van der Waals surface area contributed by atoms with Gasteiger partial charge < -0.3 is 0 Å². The van der Waals surface area contributed by atoms with E-state index in [1.807, 2.05) is 62.5 Å². The predicted molar refractivity (Wildman–Crippen MR) is 93.7 cm³/mol. The average molecular weight is 371 g/mol. The Bertz CT molecular complexity index is 897. The molecule has 0 aliphatic rings. The molecule has 3 aromatic rings. The number of pyridine rings is 1. The van der Waals surface area contributed by atoms with E-state index >= 15 is 0 Å². The fourth-order valence-electron chi connectivity index (χ4n) is 2.33. The zero-order valence-electron chi connectivity index (χ0n) is 12.7. The number of hydrogen-bond acceptors (Lipinski definition) is 3. The molecule has 0 fully saturated rings. The molecule has 0 radical (unpaired) electrons. The predicted octanol–water partition coefficient (Wildman–Crippen LogP) is 3.56. The number of benzene rings is 1. The molecule has 23 heavy (non-hydrogen) atoms. The van der Waals surface area contributed by atoms with E-state index in [2.05, 4.69) is 31.4 Å². The van der Waals surface area contributed by atoms with E-state index in [1.165, 1.54) is 0 Å². The van der Waals surface area contributed by atoms with Gasteiger partial charge in [-0.15, -0.1) is 0 Å². The number of hydrazone groups is 1. The molecule has 2 heterocycles. The Hall–Kier alpha value is -2.47. The molecule has 6 heteroatoms. The van der Waals surface area contributed by atoms with Gasteiger partial charge in [-0.1, -0.05) is 34.1 Å². The molecule has 116 valence electrons. The Morgan fingerprint density at radius 3 is 2.70 bits per heavy atom. The van der Waals surface area contributed by atoms with Gasteiger partial charge in [-0.2, -0.15) is 5.10 Å². The topological polar surface area (TPSA) is 58.8 Å². The lowest BCUT2D eigenvalue weighted by Crippen LogP contribution is -2.21. The standard InChI is InChI=1S/C17H15BrN4O/c1-11(13-6-8-14(18)9-7-13)20-21-17(23)16-12(2)19-15-5-3-4-10-22(15)16/h3-10H,1-2H3,(H,21,23)/b20-11+. The number of nitrogens with one attached hydrogen (secondary N) is 1. The molecular weight excluding hydrogens is 356 g/mol. The highest BCUT2D eigenvalue weighted by Gasteiger charge is 2.15. The first-order valence-corrected chi connectivity index (χ1v) is 7.90. The van der Waals surface area contributed by atoms with Crippen LogP contribution >= 0.6 is 15.9 Å². The van der Waals surface area contributed by atoms with Gasteiger partial charge >= 0.3 is 0 Å². The number of carbonyl (C=O) groups is 1. The summed E-state index contributed by atoms with van der Waals surface area (Å²) in [5.74, 6) is -0.280. The molecule has 0 unspecified atom stereocenters. The van der Waals surface area contributed by atoms with Crippen LogP contribution in [0, 0.1) is 6.92 Å². The lowest BCUT2D eigenvalue weighted by Gasteiger charge is -2.04. The number of fused-ring (bicyclic) bond motifs is 1. The maximum absolute atomic E-state index is 12.4. The van der Waals surface area contributed by atoms with Crippen molar-refractivity contribution in [2.24, 2.45) is 5.10 Å². The molecular formula is C17H15BrN4O. The lowest BCUT2D eigenvalue weighted by molar-refractivity contribution is 0.0948. The number of rotatable bonds is 3. The normalized spacial score (nSPS) is 11.7. The van der Waals surface area contributed by atoms with Crippen LogP contribution in [0.3, 0.4) is 0 Å². The number of nitrogens with zero attached hydrogens (tertiary/aromatic N) is 3. The Morgan fingerprint density at radius 2 is 1.96 bits per heavy atom. The molecule has 2 aromatic heterocycles. The van der Waals surface area contributed by atoms with Gasteiger partial charge in [0.2, 0.25) is 0 Å². The number of aryl methyl sites for hydroxylation is 1. The summed E-state index contributed by atoms with van der Waals surface area (Å²) in [5, 5.41) is 4.19. The molecule has 1 N–H and O–H groups in total. The van der Waals surface area contributed by atoms with Crippen LogP contribution in [0.1, 0.15) is 28.7 Å². The van der Waals surface area contributed by atoms with Gasteiger partial charge in [-0.3, -0.25) is 9.20 Å². The van der Waals surface area contributed by atoms with Gasteiger partial charge in [0.05, 0.1) is 11.4 Å². The first-order valence-electron chi connectivity index (χ1n) is 7.10. The summed E-state index contributed by atoms with van der Waals surface area (Å²) in [4.78, 5) is 16.8. The monoisotopic (exact) mass is 370 g/mol. The third kappa shape index (κ3) is 3.17. The molecule has 0 saturated carbocycles. The summed E-state index contributed by atoms with van der Waals surface area (Å²) >= 11 is 3.39. The van der Waals surface area contributed by atoms with Crippen molar-refractivity contribution in [2.75, 3.05) is 0 Å². The summed E-state index contributed by atoms with van der Waals surface area (Å²) in [6.45, 7) is 3.66. The van der Waals surface area contributed by atoms with E-state index in [0.717, 1.165) is 21.4 Å². The molecule has 0 aliphatic heterocycles. The molecule has 0 atom stereocenters. The second kappa shape index (κ2) is 6.34. The largest absolute Gasteiger partial charge is 0.295 e. The number of aromatic nitrogens is 2. The third-order valence-electron chi connectivity index (χ3n) is 3.51. The molecule has 0 spiro atoms. The molecule has 0 bridgehead atoms. The maximum Gasteiger partial charge on any atom is 0.290 e. The molecule has 1 aromatic carbocycles. The van der Waals surface area contributed by atoms with Crippen LogP contribution in [0.5, 0.6) is 0 Å². The second-order valence-corrected chi connectivity index (χ2v) is 6.04. The summed E-state index contributed by atoms with van der Waals surface area (Å²) in [6.07, 6.45) is 1.82. The number of imidazole rings is 1. The van der Waals surface area contributed by atoms with Crippen molar-refractivity contribution < 1.29 is 4.79 Å². The number of amides is 1. The quantitative estimate of drug-likeness (QED) is 0.565. The minimum absolute atomic E-state index is 0.280. The van der Waals surface area contributed by atoms with Crippen molar-refractivity contribution in [3.8, 4) is 0 Å². The number of halogens is 1. The first kappa shape index (κ1) is 15.4. The van der Waals surface area contributed by atoms with E-state index in [9.17, 15) is 4.79 Å². The summed E-state index contributed by atoms with van der Waals surface area (Å²) in [6, 6.07) is 13.4. The second-order valence-electron chi connectivity index (χ2n) is 5.12. The van der Waals surface area contributed by atoms with E-state index in [0.29, 0.717) is 11.4 Å². The van der Waals surface area contributed by atoms with Crippen LogP contribution in [0.2, 0.25) is 0 Å². The van der Waals surface area contributed by atoms with Crippen LogP contribution in [-0.4, -0.2) is 21.0 Å². The van der Waals surface area contributed by atoms with Gasteiger partial charge in [0.25, 0.3) is 5.91 Å². The fourth-order valence-corrected chi connectivity index (χ4v) is 2.59.